The summed E-state index contributed by atoms with van der Waals surface area (Å²) in [6.45, 7) is -0.613. The number of carboxylic acid groups (broad SMARTS) is 1. The summed E-state index contributed by atoms with van der Waals surface area (Å²) >= 11 is 3.27. The van der Waals surface area contributed by atoms with Crippen molar-refractivity contribution in [2.24, 2.45) is 0 Å². The first kappa shape index (κ1) is 23.5. The summed E-state index contributed by atoms with van der Waals surface area (Å²) in [6, 6.07) is 19.0. The number of halogens is 1. The SMILES string of the molecule is O=C(Nc1cc(Br)cc(C(=O)N[C@@H](CO)C(=O)O)c1)OCC1c2ccccc2-c2ccccc21. The van der Waals surface area contributed by atoms with E-state index < -0.39 is 30.6 Å². The van der Waals surface area contributed by atoms with Gasteiger partial charge in [0.15, 0.2) is 6.04 Å². The van der Waals surface area contributed by atoms with E-state index in [1.54, 1.807) is 6.07 Å². The van der Waals surface area contributed by atoms with Crippen LogP contribution < -0.4 is 10.6 Å². The maximum atomic E-state index is 12.5. The van der Waals surface area contributed by atoms with E-state index in [1.165, 1.54) is 12.1 Å². The molecule has 4 N–H and O–H groups in total. The van der Waals surface area contributed by atoms with Gasteiger partial charge in [0.25, 0.3) is 5.91 Å². The molecule has 0 aliphatic heterocycles. The minimum absolute atomic E-state index is 0.0894. The third kappa shape index (κ3) is 4.95. The maximum absolute atomic E-state index is 12.5. The second kappa shape index (κ2) is 10.1. The number of aliphatic hydroxyl groups excluding tert-OH is 1. The predicted octanol–water partition coefficient (Wildman–Crippen LogP) is 3.99. The van der Waals surface area contributed by atoms with Crippen molar-refractivity contribution in [2.75, 3.05) is 18.5 Å². The molecule has 0 fully saturated rings. The molecule has 1 atom stereocenters. The number of anilines is 1. The quantitative estimate of drug-likeness (QED) is 0.370. The van der Waals surface area contributed by atoms with Gasteiger partial charge in [-0.15, -0.1) is 0 Å². The molecule has 0 saturated heterocycles. The van der Waals surface area contributed by atoms with Crippen LogP contribution in [0, 0.1) is 0 Å². The molecule has 3 aromatic rings. The number of fused-ring (bicyclic) bond motifs is 3. The fraction of sp³-hybridized carbons (Fsp3) is 0.160. The van der Waals surface area contributed by atoms with Crippen LogP contribution in [0.1, 0.15) is 27.4 Å². The zero-order valence-corrected chi connectivity index (χ0v) is 19.4. The molecule has 0 saturated carbocycles. The third-order valence-corrected chi connectivity index (χ3v) is 5.99. The molecule has 3 aromatic carbocycles. The Morgan fingerprint density at radius 3 is 2.18 bits per heavy atom. The number of ether oxygens (including phenoxy) is 1. The van der Waals surface area contributed by atoms with Crippen molar-refractivity contribution in [3.63, 3.8) is 0 Å². The van der Waals surface area contributed by atoms with Gasteiger partial charge in [-0.05, 0) is 40.5 Å². The van der Waals surface area contributed by atoms with Crippen molar-refractivity contribution in [1.82, 2.24) is 5.32 Å². The van der Waals surface area contributed by atoms with Gasteiger partial charge in [-0.2, -0.15) is 0 Å². The highest BCUT2D eigenvalue weighted by Gasteiger charge is 2.29. The number of rotatable bonds is 7. The maximum Gasteiger partial charge on any atom is 0.411 e. The lowest BCUT2D eigenvalue weighted by Gasteiger charge is -2.15. The van der Waals surface area contributed by atoms with Gasteiger partial charge in [0.05, 0.1) is 6.61 Å². The number of carbonyl (C=O) groups excluding carboxylic acids is 2. The van der Waals surface area contributed by atoms with Gasteiger partial charge < -0.3 is 20.3 Å². The molecule has 34 heavy (non-hydrogen) atoms. The molecule has 174 valence electrons. The zero-order valence-electron chi connectivity index (χ0n) is 17.8. The first-order chi connectivity index (χ1) is 16.4. The number of carboxylic acids is 1. The van der Waals surface area contributed by atoms with Gasteiger partial charge in [-0.3, -0.25) is 10.1 Å². The number of benzene rings is 3. The summed E-state index contributed by atoms with van der Waals surface area (Å²) in [7, 11) is 0. The van der Waals surface area contributed by atoms with E-state index in [1.807, 2.05) is 48.5 Å². The lowest BCUT2D eigenvalue weighted by molar-refractivity contribution is -0.140. The van der Waals surface area contributed by atoms with Crippen molar-refractivity contribution in [1.29, 1.82) is 0 Å². The Kier molecular flexibility index (Phi) is 6.95. The second-order valence-electron chi connectivity index (χ2n) is 7.73. The number of aliphatic carboxylic acids is 1. The van der Waals surface area contributed by atoms with Crippen molar-refractivity contribution in [2.45, 2.75) is 12.0 Å². The molecular formula is C25H21BrN2O6. The number of aliphatic hydroxyl groups is 1. The summed E-state index contributed by atoms with van der Waals surface area (Å²) in [6.07, 6.45) is -0.690. The van der Waals surface area contributed by atoms with Crippen LogP contribution in [-0.4, -0.2) is 47.4 Å². The van der Waals surface area contributed by atoms with Crippen LogP contribution in [0.4, 0.5) is 10.5 Å². The molecule has 9 heteroatoms. The second-order valence-corrected chi connectivity index (χ2v) is 8.64. The van der Waals surface area contributed by atoms with Crippen LogP contribution in [-0.2, 0) is 9.53 Å². The van der Waals surface area contributed by atoms with Crippen LogP contribution >= 0.6 is 15.9 Å². The Bertz CT molecular complexity index is 1220. The van der Waals surface area contributed by atoms with Crippen molar-refractivity contribution >= 4 is 39.6 Å². The van der Waals surface area contributed by atoms with Gasteiger partial charge >= 0.3 is 12.1 Å². The molecule has 1 aliphatic rings. The molecule has 1 aliphatic carbocycles. The van der Waals surface area contributed by atoms with E-state index in [0.717, 1.165) is 22.3 Å². The van der Waals surface area contributed by atoms with Gasteiger partial charge in [0.1, 0.15) is 6.61 Å². The van der Waals surface area contributed by atoms with Gasteiger partial charge in [0.2, 0.25) is 0 Å². The summed E-state index contributed by atoms with van der Waals surface area (Å²) in [5.41, 5.74) is 4.81. The third-order valence-electron chi connectivity index (χ3n) is 5.54. The van der Waals surface area contributed by atoms with E-state index in [-0.39, 0.29) is 23.8 Å². The van der Waals surface area contributed by atoms with E-state index >= 15 is 0 Å². The largest absolute Gasteiger partial charge is 0.480 e. The molecule has 0 unspecified atom stereocenters. The standard InChI is InChI=1S/C25H21BrN2O6/c26-15-9-14(23(30)28-22(12-29)24(31)32)10-16(11-15)27-25(33)34-13-21-19-7-3-1-5-17(19)18-6-2-4-8-20(18)21/h1-11,21-22,29H,12-13H2,(H,27,33)(H,28,30)(H,31,32)/t22-/m0/s1. The fourth-order valence-corrected chi connectivity index (χ4v) is 4.47. The van der Waals surface area contributed by atoms with Crippen LogP contribution in [0.3, 0.4) is 0 Å². The van der Waals surface area contributed by atoms with Gasteiger partial charge in [0, 0.05) is 21.6 Å². The van der Waals surface area contributed by atoms with Crippen molar-refractivity contribution in [3.8, 4) is 11.1 Å². The Labute approximate surface area is 203 Å². The molecular weight excluding hydrogens is 504 g/mol. The molecule has 4 rings (SSSR count). The van der Waals surface area contributed by atoms with Crippen LogP contribution in [0.15, 0.2) is 71.2 Å². The molecule has 0 radical (unpaired) electrons. The number of nitrogens with one attached hydrogen (secondary N) is 2. The lowest BCUT2D eigenvalue weighted by Crippen LogP contribution is -2.43. The first-order valence-corrected chi connectivity index (χ1v) is 11.2. The average molecular weight is 525 g/mol. The molecule has 8 nitrogen and oxygen atoms in total. The molecule has 0 bridgehead atoms. The van der Waals surface area contributed by atoms with Gasteiger partial charge in [-0.25, -0.2) is 9.59 Å². The highest BCUT2D eigenvalue weighted by Crippen LogP contribution is 2.44. The van der Waals surface area contributed by atoms with E-state index in [4.69, 9.17) is 14.9 Å². The fourth-order valence-electron chi connectivity index (χ4n) is 3.97. The first-order valence-electron chi connectivity index (χ1n) is 10.4. The molecule has 0 spiro atoms. The number of carbonyl (C=O) groups is 3. The summed E-state index contributed by atoms with van der Waals surface area (Å²) in [5.74, 6) is -2.16. The number of hydrogen-bond donors (Lipinski definition) is 4. The highest BCUT2D eigenvalue weighted by molar-refractivity contribution is 9.10. The molecule has 0 heterocycles. The summed E-state index contributed by atoms with van der Waals surface area (Å²) in [4.78, 5) is 36.0. The molecule has 2 amide bonds. The molecule has 0 aromatic heterocycles. The van der Waals surface area contributed by atoms with E-state index in [9.17, 15) is 14.4 Å². The minimum Gasteiger partial charge on any atom is -0.480 e. The predicted molar refractivity (Wildman–Crippen MR) is 129 cm³/mol. The van der Waals surface area contributed by atoms with Crippen LogP contribution in [0.25, 0.3) is 11.1 Å². The van der Waals surface area contributed by atoms with Gasteiger partial charge in [-0.1, -0.05) is 64.5 Å². The summed E-state index contributed by atoms with van der Waals surface area (Å²) < 4.78 is 6.01. The van der Waals surface area contributed by atoms with E-state index in [0.29, 0.717) is 4.47 Å². The summed E-state index contributed by atoms with van der Waals surface area (Å²) in [5, 5.41) is 22.9. The average Bonchev–Trinajstić information content (AvgIpc) is 3.14. The lowest BCUT2D eigenvalue weighted by atomic mass is 9.98. The van der Waals surface area contributed by atoms with Crippen molar-refractivity contribution in [3.05, 3.63) is 87.9 Å². The highest BCUT2D eigenvalue weighted by atomic mass is 79.9. The smallest absolute Gasteiger partial charge is 0.411 e. The normalized spacial score (nSPS) is 12.9. The van der Waals surface area contributed by atoms with Crippen molar-refractivity contribution < 1.29 is 29.3 Å². The van der Waals surface area contributed by atoms with Crippen LogP contribution in [0.5, 0.6) is 0 Å². The number of hydrogen-bond acceptors (Lipinski definition) is 5. The minimum atomic E-state index is -1.44. The monoisotopic (exact) mass is 524 g/mol. The van der Waals surface area contributed by atoms with Crippen LogP contribution in [0.2, 0.25) is 0 Å². The Balaban J connectivity index is 1.44. The zero-order chi connectivity index (χ0) is 24.2. The van der Waals surface area contributed by atoms with E-state index in [2.05, 4.69) is 26.6 Å². The Morgan fingerprint density at radius 1 is 0.971 bits per heavy atom. The number of amides is 2. The Morgan fingerprint density at radius 2 is 1.59 bits per heavy atom. The topological polar surface area (TPSA) is 125 Å². The Hall–Kier alpha value is -3.69.